The number of para-hydroxylation sites is 2. The number of carbonyl (C=O) groups is 3. The molecule has 1 saturated heterocycles. The van der Waals surface area contributed by atoms with Gasteiger partial charge >= 0.3 is 0 Å². The highest BCUT2D eigenvalue weighted by Gasteiger charge is 2.47. The third-order valence-electron chi connectivity index (χ3n) is 5.31. The van der Waals surface area contributed by atoms with E-state index in [0.29, 0.717) is 24.2 Å². The van der Waals surface area contributed by atoms with Crippen LogP contribution in [-0.2, 0) is 14.4 Å². The highest BCUT2D eigenvalue weighted by molar-refractivity contribution is 6.05. The zero-order valence-corrected chi connectivity index (χ0v) is 14.6. The molecule has 4 rings (SSSR count). The fourth-order valence-electron chi connectivity index (χ4n) is 3.85. The minimum Gasteiger partial charge on any atom is -0.340 e. The Labute approximate surface area is 155 Å². The lowest BCUT2D eigenvalue weighted by Gasteiger charge is -2.14. The number of likely N-dealkylation sites (tertiary alicyclic amines) is 1. The summed E-state index contributed by atoms with van der Waals surface area (Å²) in [6.45, 7) is 0.0158. The summed E-state index contributed by atoms with van der Waals surface area (Å²) in [7, 11) is 0. The number of hydrogen-bond donors (Lipinski definition) is 1. The maximum Gasteiger partial charge on any atom is 0.233 e. The molecular weight excluding hydrogens is 344 g/mol. The first-order valence-corrected chi connectivity index (χ1v) is 8.97. The van der Waals surface area contributed by atoms with Gasteiger partial charge in [0.15, 0.2) is 11.7 Å². The Morgan fingerprint density at radius 1 is 1.22 bits per heavy atom. The number of rotatable bonds is 5. The van der Waals surface area contributed by atoms with Gasteiger partial charge in [-0.2, -0.15) is 5.26 Å². The van der Waals surface area contributed by atoms with Gasteiger partial charge in [-0.1, -0.05) is 24.3 Å². The third-order valence-corrected chi connectivity index (χ3v) is 5.31. The number of Topliss-reactive ketones (excluding diaryl/α,β-unsaturated/α-hetero) is 1. The van der Waals surface area contributed by atoms with E-state index < -0.39 is 5.92 Å². The summed E-state index contributed by atoms with van der Waals surface area (Å²) in [5.74, 6) is -2.14. The molecule has 1 aromatic carbocycles. The number of H-pyrrole nitrogens is 1. The van der Waals surface area contributed by atoms with Gasteiger partial charge in [-0.15, -0.1) is 0 Å². The molecule has 27 heavy (non-hydrogen) atoms. The second kappa shape index (κ2) is 6.80. The van der Waals surface area contributed by atoms with E-state index in [9.17, 15) is 19.6 Å². The molecule has 1 N–H and O–H groups in total. The van der Waals surface area contributed by atoms with Crippen LogP contribution in [0.25, 0.3) is 11.0 Å². The van der Waals surface area contributed by atoms with Crippen molar-refractivity contribution in [2.75, 3.05) is 6.54 Å². The lowest BCUT2D eigenvalue weighted by molar-refractivity contribution is -0.140. The second-order valence-electron chi connectivity index (χ2n) is 6.90. The lowest BCUT2D eigenvalue weighted by Crippen LogP contribution is -2.33. The van der Waals surface area contributed by atoms with Crippen molar-refractivity contribution < 1.29 is 14.4 Å². The number of nitrogens with one attached hydrogen (secondary N) is 1. The highest BCUT2D eigenvalue weighted by Crippen LogP contribution is 2.35. The van der Waals surface area contributed by atoms with Crippen LogP contribution in [0.2, 0.25) is 0 Å². The molecule has 0 radical (unpaired) electrons. The number of aromatic amines is 1. The Bertz CT molecular complexity index is 941. The molecule has 1 fully saturated rings. The molecular formula is C20H18N4O3. The molecule has 0 spiro atoms. The van der Waals surface area contributed by atoms with Crippen molar-refractivity contribution in [1.29, 1.82) is 5.26 Å². The Morgan fingerprint density at radius 3 is 2.52 bits per heavy atom. The third kappa shape index (κ3) is 2.93. The molecule has 3 atom stereocenters. The first-order valence-electron chi connectivity index (χ1n) is 8.97. The second-order valence-corrected chi connectivity index (χ2v) is 6.90. The van der Waals surface area contributed by atoms with E-state index in [4.69, 9.17) is 0 Å². The molecule has 2 heterocycles. The van der Waals surface area contributed by atoms with Gasteiger partial charge in [0.05, 0.1) is 28.9 Å². The number of hydrogen-bond acceptors (Lipinski definition) is 5. The summed E-state index contributed by atoms with van der Waals surface area (Å²) in [6, 6.07) is 9.27. The first-order chi connectivity index (χ1) is 13.1. The molecule has 2 aliphatic rings. The molecule has 136 valence electrons. The van der Waals surface area contributed by atoms with Gasteiger partial charge in [0, 0.05) is 13.0 Å². The average molecular weight is 362 g/mol. The predicted octanol–water partition coefficient (Wildman–Crippen LogP) is 2.08. The van der Waals surface area contributed by atoms with Gasteiger partial charge in [-0.25, -0.2) is 4.98 Å². The maximum atomic E-state index is 12.6. The number of benzene rings is 1. The quantitative estimate of drug-likeness (QED) is 0.647. The number of nitrogens with zero attached hydrogens (tertiary/aromatic N) is 3. The fourth-order valence-corrected chi connectivity index (χ4v) is 3.85. The minimum atomic E-state index is -1.05. The molecule has 0 unspecified atom stereocenters. The Balaban J connectivity index is 1.46. The van der Waals surface area contributed by atoms with E-state index >= 15 is 0 Å². The monoisotopic (exact) mass is 362 g/mol. The van der Waals surface area contributed by atoms with Gasteiger partial charge < -0.3 is 4.98 Å². The van der Waals surface area contributed by atoms with Crippen molar-refractivity contribution >= 4 is 28.6 Å². The maximum absolute atomic E-state index is 12.6. The van der Waals surface area contributed by atoms with Crippen LogP contribution in [0, 0.1) is 23.2 Å². The molecule has 0 saturated carbocycles. The summed E-state index contributed by atoms with van der Waals surface area (Å²) in [6.07, 6.45) is 4.93. The molecule has 0 bridgehead atoms. The topological polar surface area (TPSA) is 107 Å². The summed E-state index contributed by atoms with van der Waals surface area (Å²) in [5.41, 5.74) is 1.43. The van der Waals surface area contributed by atoms with Gasteiger partial charge in [-0.05, 0) is 25.0 Å². The van der Waals surface area contributed by atoms with Gasteiger partial charge in [0.2, 0.25) is 11.8 Å². The Hall–Kier alpha value is -3.27. The molecule has 1 aliphatic carbocycles. The van der Waals surface area contributed by atoms with E-state index in [1.807, 2.05) is 36.4 Å². The van der Waals surface area contributed by atoms with E-state index in [-0.39, 0.29) is 42.4 Å². The Kier molecular flexibility index (Phi) is 4.32. The number of fused-ring (bicyclic) bond motifs is 2. The number of nitriles is 1. The normalized spacial score (nSPS) is 22.7. The number of imidazole rings is 1. The van der Waals surface area contributed by atoms with Crippen molar-refractivity contribution in [2.24, 2.45) is 11.8 Å². The van der Waals surface area contributed by atoms with Crippen LogP contribution in [0.15, 0.2) is 36.4 Å². The number of aromatic nitrogens is 2. The predicted molar refractivity (Wildman–Crippen MR) is 96.1 cm³/mol. The van der Waals surface area contributed by atoms with Crippen molar-refractivity contribution in [3.63, 3.8) is 0 Å². The molecule has 7 heteroatoms. The van der Waals surface area contributed by atoms with Crippen LogP contribution in [0.5, 0.6) is 0 Å². The number of allylic oxidation sites excluding steroid dienone is 2. The largest absolute Gasteiger partial charge is 0.340 e. The van der Waals surface area contributed by atoms with E-state index in [1.165, 1.54) is 4.90 Å². The first kappa shape index (κ1) is 17.2. The highest BCUT2D eigenvalue weighted by atomic mass is 16.2. The SMILES string of the molecule is N#C[C@H](C(=O)CCN1C(=O)[C@@H]2CC=CC[C@H]2C1=O)c1nc2ccccc2[nH]1. The summed E-state index contributed by atoms with van der Waals surface area (Å²) < 4.78 is 0. The molecule has 1 aliphatic heterocycles. The molecule has 1 aromatic heterocycles. The van der Waals surface area contributed by atoms with Crippen LogP contribution in [0.1, 0.15) is 31.0 Å². The van der Waals surface area contributed by atoms with E-state index in [0.717, 1.165) is 5.52 Å². The van der Waals surface area contributed by atoms with Crippen molar-refractivity contribution in [2.45, 2.75) is 25.2 Å². The van der Waals surface area contributed by atoms with E-state index in [1.54, 1.807) is 6.07 Å². The van der Waals surface area contributed by atoms with Crippen LogP contribution in [0.4, 0.5) is 0 Å². The lowest BCUT2D eigenvalue weighted by atomic mass is 9.85. The fraction of sp³-hybridized carbons (Fsp3) is 0.350. The smallest absolute Gasteiger partial charge is 0.233 e. The summed E-state index contributed by atoms with van der Waals surface area (Å²) >= 11 is 0. The zero-order chi connectivity index (χ0) is 19.0. The van der Waals surface area contributed by atoms with Gasteiger partial charge in [0.1, 0.15) is 5.82 Å². The van der Waals surface area contributed by atoms with Crippen LogP contribution < -0.4 is 0 Å². The van der Waals surface area contributed by atoms with Gasteiger partial charge in [0.25, 0.3) is 0 Å². The number of ketones is 1. The van der Waals surface area contributed by atoms with Gasteiger partial charge in [-0.3, -0.25) is 19.3 Å². The summed E-state index contributed by atoms with van der Waals surface area (Å²) in [4.78, 5) is 46.0. The van der Waals surface area contributed by atoms with Crippen LogP contribution >= 0.6 is 0 Å². The van der Waals surface area contributed by atoms with Crippen LogP contribution in [0.3, 0.4) is 0 Å². The van der Waals surface area contributed by atoms with E-state index in [2.05, 4.69) is 9.97 Å². The van der Waals surface area contributed by atoms with Crippen molar-refractivity contribution in [3.05, 3.63) is 42.2 Å². The number of imide groups is 1. The zero-order valence-electron chi connectivity index (χ0n) is 14.6. The van der Waals surface area contributed by atoms with Crippen molar-refractivity contribution in [3.8, 4) is 6.07 Å². The molecule has 7 nitrogen and oxygen atoms in total. The molecule has 2 amide bonds. The number of amides is 2. The summed E-state index contributed by atoms with van der Waals surface area (Å²) in [5, 5.41) is 9.45. The van der Waals surface area contributed by atoms with Crippen molar-refractivity contribution in [1.82, 2.24) is 14.9 Å². The Morgan fingerprint density at radius 2 is 1.89 bits per heavy atom. The van der Waals surface area contributed by atoms with Crippen LogP contribution in [-0.4, -0.2) is 39.0 Å². The standard InChI is InChI=1S/C20H18N4O3/c21-11-14(18-22-15-7-3-4-8-16(15)23-18)17(25)9-10-24-19(26)12-5-1-2-6-13(12)20(24)27/h1-4,7-8,12-14H,5-6,9-10H2,(H,22,23)/t12-,13-,14-/m1/s1. The minimum absolute atomic E-state index is 0.0158. The number of carbonyl (C=O) groups excluding carboxylic acids is 3. The molecule has 2 aromatic rings. The average Bonchev–Trinajstić information content (AvgIpc) is 3.21.